The second-order valence-corrected chi connectivity index (χ2v) is 5.45. The van der Waals surface area contributed by atoms with Crippen LogP contribution in [0.4, 0.5) is 4.39 Å². The molecule has 0 amide bonds. The summed E-state index contributed by atoms with van der Waals surface area (Å²) in [5, 5.41) is 12.1. The van der Waals surface area contributed by atoms with E-state index in [0.29, 0.717) is 0 Å². The highest BCUT2D eigenvalue weighted by molar-refractivity contribution is 7.13. The van der Waals surface area contributed by atoms with Crippen LogP contribution in [0.2, 0.25) is 0 Å². The molecule has 1 heterocycles. The average Bonchev–Trinajstić information content (AvgIpc) is 2.79. The average molecular weight is 258 g/mol. The molecule has 90 valence electrons. The minimum absolute atomic E-state index is 0.247. The Kier molecular flexibility index (Phi) is 2.64. The Bertz CT molecular complexity index is 605. The number of hydrogen-bond donors (Lipinski definition) is 0. The van der Waals surface area contributed by atoms with Gasteiger partial charge in [-0.15, -0.1) is 11.3 Å². The van der Waals surface area contributed by atoms with Gasteiger partial charge in [-0.25, -0.2) is 9.37 Å². The molecule has 1 aromatic heterocycles. The van der Waals surface area contributed by atoms with Crippen molar-refractivity contribution in [2.45, 2.75) is 24.7 Å². The normalized spacial score (nSPS) is 16.9. The lowest BCUT2D eigenvalue weighted by molar-refractivity contribution is 0.317. The summed E-state index contributed by atoms with van der Waals surface area (Å²) in [5.74, 6) is -0.247. The van der Waals surface area contributed by atoms with E-state index in [1.54, 1.807) is 12.1 Å². The summed E-state index contributed by atoms with van der Waals surface area (Å²) in [5.41, 5.74) is 1.41. The third-order valence-electron chi connectivity index (χ3n) is 3.51. The summed E-state index contributed by atoms with van der Waals surface area (Å²) in [4.78, 5) is 4.55. The molecular weight excluding hydrogens is 247 g/mol. The van der Waals surface area contributed by atoms with E-state index < -0.39 is 0 Å². The van der Waals surface area contributed by atoms with Gasteiger partial charge in [-0.2, -0.15) is 5.26 Å². The number of benzene rings is 1. The van der Waals surface area contributed by atoms with E-state index in [1.165, 1.54) is 23.5 Å². The van der Waals surface area contributed by atoms with Crippen LogP contribution in [0.1, 0.15) is 25.0 Å². The second kappa shape index (κ2) is 4.18. The standard InChI is InChI=1S/C14H11FN2S/c15-11-4-2-10(3-5-11)13-17-12(8-18-13)14(9-16)6-1-7-14/h2-5,8H,1,6-7H2. The molecule has 0 aliphatic heterocycles. The molecular formula is C14H11FN2S. The highest BCUT2D eigenvalue weighted by atomic mass is 32.1. The zero-order valence-electron chi connectivity index (χ0n) is 9.69. The molecule has 3 rings (SSSR count). The third-order valence-corrected chi connectivity index (χ3v) is 4.40. The molecule has 0 bridgehead atoms. The van der Waals surface area contributed by atoms with Gasteiger partial charge in [0.2, 0.25) is 0 Å². The summed E-state index contributed by atoms with van der Waals surface area (Å²) in [6, 6.07) is 8.69. The second-order valence-electron chi connectivity index (χ2n) is 4.59. The van der Waals surface area contributed by atoms with Gasteiger partial charge in [-0.3, -0.25) is 0 Å². The molecule has 1 aromatic carbocycles. The molecule has 2 aromatic rings. The number of nitriles is 1. The van der Waals surface area contributed by atoms with Crippen LogP contribution in [0.3, 0.4) is 0 Å². The van der Waals surface area contributed by atoms with Crippen molar-refractivity contribution in [3.05, 3.63) is 41.2 Å². The van der Waals surface area contributed by atoms with Crippen LogP contribution in [0, 0.1) is 17.1 Å². The van der Waals surface area contributed by atoms with Crippen LogP contribution in [-0.4, -0.2) is 4.98 Å². The Balaban J connectivity index is 1.95. The van der Waals surface area contributed by atoms with Crippen molar-refractivity contribution in [2.24, 2.45) is 0 Å². The Hall–Kier alpha value is -1.73. The predicted octanol–water partition coefficient (Wildman–Crippen LogP) is 3.89. The molecule has 1 aliphatic carbocycles. The Morgan fingerprint density at radius 1 is 1.28 bits per heavy atom. The van der Waals surface area contributed by atoms with Crippen molar-refractivity contribution in [1.29, 1.82) is 5.26 Å². The molecule has 1 saturated carbocycles. The fourth-order valence-electron chi connectivity index (χ4n) is 2.17. The van der Waals surface area contributed by atoms with Crippen LogP contribution in [-0.2, 0) is 5.41 Å². The van der Waals surface area contributed by atoms with Crippen LogP contribution < -0.4 is 0 Å². The maximum absolute atomic E-state index is 12.9. The van der Waals surface area contributed by atoms with Crippen molar-refractivity contribution in [2.75, 3.05) is 0 Å². The van der Waals surface area contributed by atoms with Crippen LogP contribution >= 0.6 is 11.3 Å². The zero-order chi connectivity index (χ0) is 12.6. The van der Waals surface area contributed by atoms with Gasteiger partial charge in [0.05, 0.1) is 11.8 Å². The Morgan fingerprint density at radius 3 is 2.56 bits per heavy atom. The highest BCUT2D eigenvalue weighted by Crippen LogP contribution is 2.44. The lowest BCUT2D eigenvalue weighted by atomic mass is 9.68. The largest absolute Gasteiger partial charge is 0.239 e. The van der Waals surface area contributed by atoms with Gasteiger partial charge in [0, 0.05) is 10.9 Å². The molecule has 4 heteroatoms. The van der Waals surface area contributed by atoms with E-state index in [0.717, 1.165) is 35.5 Å². The van der Waals surface area contributed by atoms with Gasteiger partial charge < -0.3 is 0 Å². The molecule has 18 heavy (non-hydrogen) atoms. The van der Waals surface area contributed by atoms with E-state index in [9.17, 15) is 9.65 Å². The van der Waals surface area contributed by atoms with Crippen molar-refractivity contribution in [3.8, 4) is 16.6 Å². The Morgan fingerprint density at radius 2 is 2.00 bits per heavy atom. The van der Waals surface area contributed by atoms with Crippen molar-refractivity contribution < 1.29 is 4.39 Å². The van der Waals surface area contributed by atoms with Gasteiger partial charge in [0.1, 0.15) is 16.2 Å². The molecule has 0 unspecified atom stereocenters. The maximum Gasteiger partial charge on any atom is 0.123 e. The van der Waals surface area contributed by atoms with Crippen molar-refractivity contribution in [3.63, 3.8) is 0 Å². The molecule has 1 aliphatic rings. The first-order chi connectivity index (χ1) is 8.73. The Labute approximate surface area is 109 Å². The van der Waals surface area contributed by atoms with E-state index in [-0.39, 0.29) is 11.2 Å². The summed E-state index contributed by atoms with van der Waals surface area (Å²) in [6.45, 7) is 0. The fourth-order valence-corrected chi connectivity index (χ4v) is 3.10. The zero-order valence-corrected chi connectivity index (χ0v) is 10.5. The summed E-state index contributed by atoms with van der Waals surface area (Å²) >= 11 is 1.52. The number of thiazole rings is 1. The molecule has 1 fully saturated rings. The maximum atomic E-state index is 12.9. The summed E-state index contributed by atoms with van der Waals surface area (Å²) < 4.78 is 12.9. The van der Waals surface area contributed by atoms with Crippen molar-refractivity contribution >= 4 is 11.3 Å². The minimum Gasteiger partial charge on any atom is -0.239 e. The van der Waals surface area contributed by atoms with Gasteiger partial charge >= 0.3 is 0 Å². The van der Waals surface area contributed by atoms with Gasteiger partial charge in [0.25, 0.3) is 0 Å². The van der Waals surface area contributed by atoms with Gasteiger partial charge in [-0.1, -0.05) is 0 Å². The summed E-state index contributed by atoms with van der Waals surface area (Å²) in [6.07, 6.45) is 2.89. The molecule has 0 spiro atoms. The lowest BCUT2D eigenvalue weighted by Gasteiger charge is -2.33. The predicted molar refractivity (Wildman–Crippen MR) is 68.7 cm³/mol. The third kappa shape index (κ3) is 1.72. The number of aromatic nitrogens is 1. The van der Waals surface area contributed by atoms with Gasteiger partial charge in [0.15, 0.2) is 0 Å². The monoisotopic (exact) mass is 258 g/mol. The first-order valence-corrected chi connectivity index (χ1v) is 6.75. The minimum atomic E-state index is -0.366. The van der Waals surface area contributed by atoms with E-state index in [1.807, 2.05) is 5.38 Å². The van der Waals surface area contributed by atoms with Crippen LogP contribution in [0.25, 0.3) is 10.6 Å². The SMILES string of the molecule is N#CC1(c2csc(-c3ccc(F)cc3)n2)CCC1. The molecule has 0 saturated heterocycles. The fraction of sp³-hybridized carbons (Fsp3) is 0.286. The molecule has 0 N–H and O–H groups in total. The first kappa shape index (κ1) is 11.4. The topological polar surface area (TPSA) is 36.7 Å². The summed E-state index contributed by atoms with van der Waals surface area (Å²) in [7, 11) is 0. The number of nitrogens with zero attached hydrogens (tertiary/aromatic N) is 2. The van der Waals surface area contributed by atoms with Crippen LogP contribution in [0.15, 0.2) is 29.6 Å². The van der Waals surface area contributed by atoms with Crippen LogP contribution in [0.5, 0.6) is 0 Å². The van der Waals surface area contributed by atoms with E-state index in [4.69, 9.17) is 0 Å². The smallest absolute Gasteiger partial charge is 0.123 e. The van der Waals surface area contributed by atoms with E-state index in [2.05, 4.69) is 11.1 Å². The van der Waals surface area contributed by atoms with E-state index >= 15 is 0 Å². The first-order valence-electron chi connectivity index (χ1n) is 5.87. The highest BCUT2D eigenvalue weighted by Gasteiger charge is 2.41. The molecule has 2 nitrogen and oxygen atoms in total. The van der Waals surface area contributed by atoms with Crippen molar-refractivity contribution in [1.82, 2.24) is 4.98 Å². The molecule has 0 radical (unpaired) electrons. The molecule has 0 atom stereocenters. The number of rotatable bonds is 2. The number of halogens is 1. The quantitative estimate of drug-likeness (QED) is 0.819. The van der Waals surface area contributed by atoms with Gasteiger partial charge in [-0.05, 0) is 43.5 Å². The lowest BCUT2D eigenvalue weighted by Crippen LogP contribution is -2.32. The number of hydrogen-bond acceptors (Lipinski definition) is 3.